The molecule has 1 aliphatic rings. The van der Waals surface area contributed by atoms with E-state index >= 15 is 0 Å². The second kappa shape index (κ2) is 7.31. The number of ether oxygens (including phenoxy) is 1. The summed E-state index contributed by atoms with van der Waals surface area (Å²) < 4.78 is 10.3. The summed E-state index contributed by atoms with van der Waals surface area (Å²) in [5.74, 6) is 0.189. The summed E-state index contributed by atoms with van der Waals surface area (Å²) in [7, 11) is 1.63. The molecule has 2 amide bonds. The van der Waals surface area contributed by atoms with E-state index < -0.39 is 0 Å². The van der Waals surface area contributed by atoms with E-state index in [1.807, 2.05) is 24.3 Å². The van der Waals surface area contributed by atoms with Crippen LogP contribution in [0.2, 0.25) is 0 Å². The molecule has 1 fully saturated rings. The minimum Gasteiger partial charge on any atom is -0.459 e. The van der Waals surface area contributed by atoms with Gasteiger partial charge in [0.2, 0.25) is 0 Å². The number of hydrogen-bond acceptors (Lipinski definition) is 4. The fraction of sp³-hybridized carbons (Fsp3) is 0.333. The number of carbonyl (C=O) groups is 2. The van der Waals surface area contributed by atoms with Crippen LogP contribution in [0.5, 0.6) is 0 Å². The predicted octanol–water partition coefficient (Wildman–Crippen LogP) is 2.02. The minimum atomic E-state index is -0.130. The fourth-order valence-electron chi connectivity index (χ4n) is 2.81. The summed E-state index contributed by atoms with van der Waals surface area (Å²) in [6, 6.07) is 10.8. The molecule has 0 bridgehead atoms. The van der Waals surface area contributed by atoms with Gasteiger partial charge < -0.3 is 19.0 Å². The van der Waals surface area contributed by atoms with E-state index in [-0.39, 0.29) is 11.8 Å². The molecule has 0 aliphatic carbocycles. The molecule has 1 saturated heterocycles. The zero-order chi connectivity index (χ0) is 16.9. The molecule has 2 aromatic rings. The van der Waals surface area contributed by atoms with E-state index in [4.69, 9.17) is 9.15 Å². The number of nitrogens with zero attached hydrogens (tertiary/aromatic N) is 2. The summed E-state index contributed by atoms with van der Waals surface area (Å²) in [4.78, 5) is 28.4. The van der Waals surface area contributed by atoms with Crippen LogP contribution >= 0.6 is 0 Å². The van der Waals surface area contributed by atoms with Crippen molar-refractivity contribution >= 4 is 11.8 Å². The lowest BCUT2D eigenvalue weighted by atomic mass is 10.1. The van der Waals surface area contributed by atoms with E-state index in [0.717, 1.165) is 5.56 Å². The summed E-state index contributed by atoms with van der Waals surface area (Å²) in [6.07, 6.45) is 1.49. The maximum Gasteiger partial charge on any atom is 0.289 e. The Labute approximate surface area is 140 Å². The Bertz CT molecular complexity index is 704. The Hall–Kier alpha value is -2.60. The quantitative estimate of drug-likeness (QED) is 0.861. The van der Waals surface area contributed by atoms with Crippen molar-refractivity contribution in [3.05, 3.63) is 59.5 Å². The van der Waals surface area contributed by atoms with Crippen LogP contribution in [0, 0.1) is 0 Å². The molecule has 3 rings (SSSR count). The third kappa shape index (κ3) is 3.49. The molecule has 1 aliphatic heterocycles. The van der Waals surface area contributed by atoms with Crippen molar-refractivity contribution in [1.29, 1.82) is 0 Å². The van der Waals surface area contributed by atoms with Gasteiger partial charge in [0.25, 0.3) is 11.8 Å². The Balaban J connectivity index is 1.61. The number of methoxy groups -OCH3 is 1. The van der Waals surface area contributed by atoms with E-state index in [9.17, 15) is 9.59 Å². The first-order chi connectivity index (χ1) is 11.7. The molecule has 0 atom stereocenters. The molecule has 0 unspecified atom stereocenters. The van der Waals surface area contributed by atoms with E-state index in [2.05, 4.69) is 0 Å². The van der Waals surface area contributed by atoms with Gasteiger partial charge in [-0.15, -0.1) is 0 Å². The lowest BCUT2D eigenvalue weighted by Crippen LogP contribution is -2.50. The zero-order valence-electron chi connectivity index (χ0n) is 13.6. The van der Waals surface area contributed by atoms with Crippen LogP contribution in [0.1, 0.15) is 26.5 Å². The molecule has 126 valence electrons. The number of benzene rings is 1. The van der Waals surface area contributed by atoms with Crippen LogP contribution in [-0.2, 0) is 11.3 Å². The second-order valence-electron chi connectivity index (χ2n) is 5.70. The lowest BCUT2D eigenvalue weighted by Gasteiger charge is -2.34. The highest BCUT2D eigenvalue weighted by molar-refractivity contribution is 5.95. The Morgan fingerprint density at radius 1 is 1.04 bits per heavy atom. The molecular weight excluding hydrogens is 308 g/mol. The first kappa shape index (κ1) is 16.3. The standard InChI is InChI=1S/C18H20N2O4/c1-23-13-14-4-2-5-15(12-14)17(21)19-7-9-20(10-8-19)18(22)16-6-3-11-24-16/h2-6,11-12H,7-10,13H2,1H3. The third-order valence-corrected chi connectivity index (χ3v) is 4.07. The summed E-state index contributed by atoms with van der Waals surface area (Å²) in [6.45, 7) is 2.51. The smallest absolute Gasteiger partial charge is 0.289 e. The first-order valence-electron chi connectivity index (χ1n) is 7.89. The first-order valence-corrected chi connectivity index (χ1v) is 7.89. The molecular formula is C18H20N2O4. The van der Waals surface area contributed by atoms with Gasteiger partial charge in [-0.3, -0.25) is 9.59 Å². The zero-order valence-corrected chi connectivity index (χ0v) is 13.6. The molecule has 24 heavy (non-hydrogen) atoms. The normalized spacial score (nSPS) is 14.7. The Morgan fingerprint density at radius 2 is 1.75 bits per heavy atom. The van der Waals surface area contributed by atoms with Gasteiger partial charge >= 0.3 is 0 Å². The van der Waals surface area contributed by atoms with Gasteiger partial charge in [0.05, 0.1) is 12.9 Å². The fourth-order valence-corrected chi connectivity index (χ4v) is 2.81. The number of carbonyl (C=O) groups excluding carboxylic acids is 2. The van der Waals surface area contributed by atoms with Crippen LogP contribution in [0.15, 0.2) is 47.1 Å². The average molecular weight is 328 g/mol. The molecule has 0 spiro atoms. The molecule has 6 heteroatoms. The molecule has 2 heterocycles. The maximum atomic E-state index is 12.6. The summed E-state index contributed by atoms with van der Waals surface area (Å²) in [5.41, 5.74) is 1.62. The van der Waals surface area contributed by atoms with Crippen LogP contribution in [0.3, 0.4) is 0 Å². The Morgan fingerprint density at radius 3 is 2.38 bits per heavy atom. The van der Waals surface area contributed by atoms with Crippen LogP contribution in [-0.4, -0.2) is 54.9 Å². The number of furan rings is 1. The predicted molar refractivity (Wildman–Crippen MR) is 87.7 cm³/mol. The van der Waals surface area contributed by atoms with Crippen molar-refractivity contribution in [2.45, 2.75) is 6.61 Å². The largest absolute Gasteiger partial charge is 0.459 e. The van der Waals surface area contributed by atoms with Gasteiger partial charge in [0, 0.05) is 38.9 Å². The van der Waals surface area contributed by atoms with Crippen molar-refractivity contribution in [3.63, 3.8) is 0 Å². The van der Waals surface area contributed by atoms with E-state index in [1.54, 1.807) is 29.0 Å². The molecule has 1 aromatic carbocycles. The van der Waals surface area contributed by atoms with Gasteiger partial charge in [0.15, 0.2) is 5.76 Å². The van der Waals surface area contributed by atoms with E-state index in [0.29, 0.717) is 44.1 Å². The third-order valence-electron chi connectivity index (χ3n) is 4.07. The van der Waals surface area contributed by atoms with Gasteiger partial charge in [-0.1, -0.05) is 12.1 Å². The second-order valence-corrected chi connectivity index (χ2v) is 5.70. The van der Waals surface area contributed by atoms with Crippen molar-refractivity contribution in [1.82, 2.24) is 9.80 Å². The number of rotatable bonds is 4. The number of hydrogen-bond donors (Lipinski definition) is 0. The summed E-state index contributed by atoms with van der Waals surface area (Å²) >= 11 is 0. The monoisotopic (exact) mass is 328 g/mol. The van der Waals surface area contributed by atoms with Gasteiger partial charge in [-0.25, -0.2) is 0 Å². The van der Waals surface area contributed by atoms with Crippen LogP contribution < -0.4 is 0 Å². The SMILES string of the molecule is COCc1cccc(C(=O)N2CCN(C(=O)c3ccco3)CC2)c1. The molecule has 0 radical (unpaired) electrons. The minimum absolute atomic E-state index is 0.0157. The molecule has 6 nitrogen and oxygen atoms in total. The van der Waals surface area contributed by atoms with Crippen molar-refractivity contribution < 1.29 is 18.7 Å². The van der Waals surface area contributed by atoms with Crippen LogP contribution in [0.25, 0.3) is 0 Å². The van der Waals surface area contributed by atoms with Crippen molar-refractivity contribution in [3.8, 4) is 0 Å². The molecule has 1 aromatic heterocycles. The topological polar surface area (TPSA) is 63.0 Å². The van der Waals surface area contributed by atoms with Crippen molar-refractivity contribution in [2.75, 3.05) is 33.3 Å². The van der Waals surface area contributed by atoms with Crippen molar-refractivity contribution in [2.24, 2.45) is 0 Å². The van der Waals surface area contributed by atoms with Gasteiger partial charge in [0.1, 0.15) is 0 Å². The molecule has 0 N–H and O–H groups in total. The highest BCUT2D eigenvalue weighted by Gasteiger charge is 2.26. The van der Waals surface area contributed by atoms with Gasteiger partial charge in [-0.05, 0) is 29.8 Å². The average Bonchev–Trinajstić information content (AvgIpc) is 3.16. The highest BCUT2D eigenvalue weighted by Crippen LogP contribution is 2.13. The van der Waals surface area contributed by atoms with Gasteiger partial charge in [-0.2, -0.15) is 0 Å². The van der Waals surface area contributed by atoms with Crippen LogP contribution in [0.4, 0.5) is 0 Å². The summed E-state index contributed by atoms with van der Waals surface area (Å²) in [5, 5.41) is 0. The van der Waals surface area contributed by atoms with E-state index in [1.165, 1.54) is 6.26 Å². The Kier molecular flexibility index (Phi) is 4.96. The highest BCUT2D eigenvalue weighted by atomic mass is 16.5. The lowest BCUT2D eigenvalue weighted by molar-refractivity contribution is 0.0518. The maximum absolute atomic E-state index is 12.6. The molecule has 0 saturated carbocycles. The number of piperazine rings is 1. The number of amides is 2.